The van der Waals surface area contributed by atoms with Crippen molar-refractivity contribution >= 4 is 5.91 Å². The fraction of sp³-hybridized carbons (Fsp3) is 0.444. The molecule has 24 heavy (non-hydrogen) atoms. The number of aromatic nitrogens is 2. The molecule has 1 aromatic heterocycles. The Kier molecular flexibility index (Phi) is 4.41. The van der Waals surface area contributed by atoms with Gasteiger partial charge in [-0.2, -0.15) is 0 Å². The quantitative estimate of drug-likeness (QED) is 0.941. The van der Waals surface area contributed by atoms with E-state index in [0.29, 0.717) is 19.7 Å². The number of morpholine rings is 1. The summed E-state index contributed by atoms with van der Waals surface area (Å²) in [5.74, 6) is 0.442. The summed E-state index contributed by atoms with van der Waals surface area (Å²) >= 11 is 0. The zero-order valence-corrected chi connectivity index (χ0v) is 14.2. The normalized spacial score (nSPS) is 18.7. The highest BCUT2D eigenvalue weighted by Gasteiger charge is 2.37. The Hall–Kier alpha value is -2.21. The summed E-state index contributed by atoms with van der Waals surface area (Å²) in [6.07, 6.45) is 1.50. The number of halogens is 1. The molecule has 6 heteroatoms. The largest absolute Gasteiger partial charge is 0.367 e. The van der Waals surface area contributed by atoms with Gasteiger partial charge in [0, 0.05) is 18.4 Å². The number of carbonyl (C=O) groups excluding carboxylic acids is 1. The van der Waals surface area contributed by atoms with Crippen molar-refractivity contribution in [3.63, 3.8) is 0 Å². The van der Waals surface area contributed by atoms with E-state index in [1.165, 1.54) is 12.1 Å². The first-order valence-corrected chi connectivity index (χ1v) is 8.06. The van der Waals surface area contributed by atoms with Crippen molar-refractivity contribution in [2.45, 2.75) is 32.3 Å². The molecule has 1 aromatic carbocycles. The number of H-pyrrole nitrogens is 1. The van der Waals surface area contributed by atoms with Crippen molar-refractivity contribution in [2.24, 2.45) is 0 Å². The molecule has 1 saturated heterocycles. The third-order valence-electron chi connectivity index (χ3n) is 4.48. The first-order chi connectivity index (χ1) is 11.4. The van der Waals surface area contributed by atoms with Gasteiger partial charge in [0.2, 0.25) is 5.91 Å². The molecule has 1 fully saturated rings. The number of aromatic amines is 1. The SMILES string of the molecule is Cc1cnc([C@@H]2CN(C(=O)C(C)(C)c3ccc(F)cc3)CCO2)[nH]1. The number of hydrogen-bond acceptors (Lipinski definition) is 3. The van der Waals surface area contributed by atoms with Gasteiger partial charge in [-0.1, -0.05) is 12.1 Å². The van der Waals surface area contributed by atoms with Crippen LogP contribution >= 0.6 is 0 Å². The van der Waals surface area contributed by atoms with E-state index in [-0.39, 0.29) is 17.8 Å². The van der Waals surface area contributed by atoms with Crippen molar-refractivity contribution in [1.82, 2.24) is 14.9 Å². The summed E-state index contributed by atoms with van der Waals surface area (Å²) in [5.41, 5.74) is 1.03. The van der Waals surface area contributed by atoms with Crippen LogP contribution in [0, 0.1) is 12.7 Å². The maximum atomic E-state index is 13.1. The summed E-state index contributed by atoms with van der Waals surface area (Å²) < 4.78 is 18.9. The number of imidazole rings is 1. The summed E-state index contributed by atoms with van der Waals surface area (Å²) in [5, 5.41) is 0. The lowest BCUT2D eigenvalue weighted by molar-refractivity contribution is -0.144. The minimum atomic E-state index is -0.728. The smallest absolute Gasteiger partial charge is 0.232 e. The van der Waals surface area contributed by atoms with Crippen molar-refractivity contribution in [3.8, 4) is 0 Å². The second-order valence-electron chi connectivity index (χ2n) is 6.69. The van der Waals surface area contributed by atoms with E-state index in [0.717, 1.165) is 17.1 Å². The summed E-state index contributed by atoms with van der Waals surface area (Å²) in [4.78, 5) is 22.3. The third-order valence-corrected chi connectivity index (χ3v) is 4.48. The van der Waals surface area contributed by atoms with E-state index in [1.54, 1.807) is 23.2 Å². The predicted octanol–water partition coefficient (Wildman–Crippen LogP) is 2.73. The molecule has 3 rings (SSSR count). The molecule has 2 heterocycles. The molecule has 0 bridgehead atoms. The summed E-state index contributed by atoms with van der Waals surface area (Å²) in [6.45, 7) is 7.12. The van der Waals surface area contributed by atoms with E-state index >= 15 is 0 Å². The van der Waals surface area contributed by atoms with Crippen molar-refractivity contribution < 1.29 is 13.9 Å². The van der Waals surface area contributed by atoms with E-state index in [1.807, 2.05) is 20.8 Å². The van der Waals surface area contributed by atoms with Crippen LogP contribution in [-0.4, -0.2) is 40.5 Å². The Morgan fingerprint density at radius 3 is 2.71 bits per heavy atom. The molecule has 2 aromatic rings. The Morgan fingerprint density at radius 2 is 2.08 bits per heavy atom. The highest BCUT2D eigenvalue weighted by atomic mass is 19.1. The number of aryl methyl sites for hydroxylation is 1. The topological polar surface area (TPSA) is 58.2 Å². The zero-order valence-electron chi connectivity index (χ0n) is 14.2. The molecule has 0 unspecified atom stereocenters. The fourth-order valence-electron chi connectivity index (χ4n) is 2.98. The summed E-state index contributed by atoms with van der Waals surface area (Å²) in [6, 6.07) is 6.11. The van der Waals surface area contributed by atoms with Crippen LogP contribution in [0.15, 0.2) is 30.5 Å². The highest BCUT2D eigenvalue weighted by molar-refractivity contribution is 5.87. The average molecular weight is 331 g/mol. The van der Waals surface area contributed by atoms with E-state index < -0.39 is 5.41 Å². The Labute approximate surface area is 140 Å². The average Bonchev–Trinajstić information content (AvgIpc) is 3.01. The van der Waals surface area contributed by atoms with Gasteiger partial charge in [-0.25, -0.2) is 9.37 Å². The molecule has 0 aliphatic carbocycles. The standard InChI is InChI=1S/C18H22FN3O2/c1-12-10-20-16(21-12)15-11-22(8-9-24-15)17(23)18(2,3)13-4-6-14(19)7-5-13/h4-7,10,15H,8-9,11H2,1-3H3,(H,20,21)/t15-/m0/s1. The fourth-order valence-corrected chi connectivity index (χ4v) is 2.98. The second-order valence-corrected chi connectivity index (χ2v) is 6.69. The first kappa shape index (κ1) is 16.6. The number of carbonyl (C=O) groups is 1. The van der Waals surface area contributed by atoms with Crippen LogP contribution in [0.25, 0.3) is 0 Å². The summed E-state index contributed by atoms with van der Waals surface area (Å²) in [7, 11) is 0. The number of amides is 1. The van der Waals surface area contributed by atoms with Crippen LogP contribution in [0.2, 0.25) is 0 Å². The molecule has 1 N–H and O–H groups in total. The lowest BCUT2D eigenvalue weighted by Gasteiger charge is -2.37. The van der Waals surface area contributed by atoms with E-state index in [9.17, 15) is 9.18 Å². The van der Waals surface area contributed by atoms with Crippen LogP contribution in [0.4, 0.5) is 4.39 Å². The minimum Gasteiger partial charge on any atom is -0.367 e. The van der Waals surface area contributed by atoms with Crippen LogP contribution in [0.3, 0.4) is 0 Å². The van der Waals surface area contributed by atoms with Crippen molar-refractivity contribution in [2.75, 3.05) is 19.7 Å². The first-order valence-electron chi connectivity index (χ1n) is 8.06. The number of nitrogens with zero attached hydrogens (tertiary/aromatic N) is 2. The van der Waals surface area contributed by atoms with Gasteiger partial charge in [0.1, 0.15) is 17.7 Å². The highest BCUT2D eigenvalue weighted by Crippen LogP contribution is 2.29. The third kappa shape index (κ3) is 3.19. The van der Waals surface area contributed by atoms with Gasteiger partial charge >= 0.3 is 0 Å². The molecule has 1 atom stereocenters. The zero-order chi connectivity index (χ0) is 17.3. The van der Waals surface area contributed by atoms with Gasteiger partial charge < -0.3 is 14.6 Å². The molecule has 5 nitrogen and oxygen atoms in total. The lowest BCUT2D eigenvalue weighted by Crippen LogP contribution is -2.49. The van der Waals surface area contributed by atoms with Gasteiger partial charge in [0.25, 0.3) is 0 Å². The molecule has 128 valence electrons. The number of hydrogen-bond donors (Lipinski definition) is 1. The van der Waals surface area contributed by atoms with Crippen LogP contribution in [-0.2, 0) is 14.9 Å². The van der Waals surface area contributed by atoms with Crippen molar-refractivity contribution in [3.05, 3.63) is 53.4 Å². The number of ether oxygens (including phenoxy) is 1. The maximum absolute atomic E-state index is 13.1. The van der Waals surface area contributed by atoms with Crippen LogP contribution in [0.5, 0.6) is 0 Å². The lowest BCUT2D eigenvalue weighted by atomic mass is 9.83. The Bertz CT molecular complexity index is 724. The minimum absolute atomic E-state index is 0.00527. The molecular formula is C18H22FN3O2. The van der Waals surface area contributed by atoms with Gasteiger partial charge in [-0.3, -0.25) is 4.79 Å². The van der Waals surface area contributed by atoms with Crippen molar-refractivity contribution in [1.29, 1.82) is 0 Å². The monoisotopic (exact) mass is 331 g/mol. The van der Waals surface area contributed by atoms with Crippen LogP contribution < -0.4 is 0 Å². The van der Waals surface area contributed by atoms with Crippen LogP contribution in [0.1, 0.15) is 37.0 Å². The number of rotatable bonds is 3. The van der Waals surface area contributed by atoms with E-state index in [4.69, 9.17) is 4.74 Å². The van der Waals surface area contributed by atoms with Gasteiger partial charge in [-0.15, -0.1) is 0 Å². The van der Waals surface area contributed by atoms with Gasteiger partial charge in [-0.05, 0) is 38.5 Å². The van der Waals surface area contributed by atoms with Gasteiger partial charge in [0.05, 0.1) is 18.6 Å². The molecule has 1 amide bonds. The molecule has 0 radical (unpaired) electrons. The number of benzene rings is 1. The molecule has 1 aliphatic rings. The maximum Gasteiger partial charge on any atom is 0.232 e. The second kappa shape index (κ2) is 6.36. The molecular weight excluding hydrogens is 309 g/mol. The van der Waals surface area contributed by atoms with Gasteiger partial charge in [0.15, 0.2) is 0 Å². The predicted molar refractivity (Wildman–Crippen MR) is 88.0 cm³/mol. The van der Waals surface area contributed by atoms with E-state index in [2.05, 4.69) is 9.97 Å². The molecule has 1 aliphatic heterocycles. The molecule has 0 spiro atoms. The Balaban J connectivity index is 1.77. The Morgan fingerprint density at radius 1 is 1.38 bits per heavy atom. The molecule has 0 saturated carbocycles. The number of nitrogens with one attached hydrogen (secondary N) is 1.